The van der Waals surface area contributed by atoms with Gasteiger partial charge in [-0.15, -0.1) is 0 Å². The Labute approximate surface area is 121 Å². The van der Waals surface area contributed by atoms with Crippen molar-refractivity contribution in [3.05, 3.63) is 28.2 Å². The van der Waals surface area contributed by atoms with E-state index in [1.165, 1.54) is 12.1 Å². The van der Waals surface area contributed by atoms with Crippen LogP contribution < -0.4 is 5.32 Å². The quantitative estimate of drug-likeness (QED) is 0.735. The number of benzene rings is 1. The van der Waals surface area contributed by atoms with Crippen LogP contribution in [0.4, 0.5) is 14.5 Å². The molecule has 106 valence electrons. The van der Waals surface area contributed by atoms with E-state index in [2.05, 4.69) is 35.1 Å². The van der Waals surface area contributed by atoms with E-state index in [-0.39, 0.29) is 16.2 Å². The summed E-state index contributed by atoms with van der Waals surface area (Å²) < 4.78 is 27.3. The van der Waals surface area contributed by atoms with E-state index in [1.54, 1.807) is 0 Å². The maximum absolute atomic E-state index is 13.7. The van der Waals surface area contributed by atoms with Crippen LogP contribution in [-0.4, -0.2) is 6.04 Å². The Morgan fingerprint density at radius 2 is 1.74 bits per heavy atom. The van der Waals surface area contributed by atoms with Crippen LogP contribution in [0.5, 0.6) is 0 Å². The summed E-state index contributed by atoms with van der Waals surface area (Å²) in [5.41, 5.74) is 0.272. The van der Waals surface area contributed by atoms with Crippen LogP contribution in [0.15, 0.2) is 16.6 Å². The largest absolute Gasteiger partial charge is 0.380 e. The van der Waals surface area contributed by atoms with Gasteiger partial charge in [0.1, 0.15) is 11.6 Å². The summed E-state index contributed by atoms with van der Waals surface area (Å²) >= 11 is 2.99. The van der Waals surface area contributed by atoms with Gasteiger partial charge in [0.2, 0.25) is 0 Å². The van der Waals surface area contributed by atoms with Gasteiger partial charge in [-0.25, -0.2) is 8.78 Å². The van der Waals surface area contributed by atoms with Crippen molar-refractivity contribution in [1.82, 2.24) is 0 Å². The summed E-state index contributed by atoms with van der Waals surface area (Å²) in [5.74, 6) is 0.645. The number of hydrogen-bond acceptors (Lipinski definition) is 1. The van der Waals surface area contributed by atoms with Crippen LogP contribution >= 0.6 is 15.9 Å². The molecule has 0 bridgehead atoms. The van der Waals surface area contributed by atoms with Gasteiger partial charge in [-0.1, -0.05) is 13.8 Å². The zero-order valence-corrected chi connectivity index (χ0v) is 12.9. The number of anilines is 1. The second-order valence-corrected chi connectivity index (χ2v) is 6.60. The summed E-state index contributed by atoms with van der Waals surface area (Å²) in [6.45, 7) is 4.50. The summed E-state index contributed by atoms with van der Waals surface area (Å²) in [5, 5.41) is 3.14. The van der Waals surface area contributed by atoms with E-state index in [0.717, 1.165) is 31.6 Å². The molecule has 0 aliphatic heterocycles. The Bertz CT molecular complexity index is 440. The predicted molar refractivity (Wildman–Crippen MR) is 78.3 cm³/mol. The lowest BCUT2D eigenvalue weighted by Gasteiger charge is -2.32. The van der Waals surface area contributed by atoms with Gasteiger partial charge in [-0.3, -0.25) is 0 Å². The Morgan fingerprint density at radius 1 is 1.11 bits per heavy atom. The van der Waals surface area contributed by atoms with E-state index in [0.29, 0.717) is 5.92 Å². The van der Waals surface area contributed by atoms with Crippen LogP contribution in [-0.2, 0) is 0 Å². The molecule has 4 heteroatoms. The van der Waals surface area contributed by atoms with E-state index < -0.39 is 11.6 Å². The zero-order chi connectivity index (χ0) is 14.0. The number of rotatable bonds is 3. The first-order valence-electron chi connectivity index (χ1n) is 6.88. The first kappa shape index (κ1) is 14.8. The molecule has 19 heavy (non-hydrogen) atoms. The molecular formula is C15H20BrF2N. The molecule has 1 aromatic rings. The smallest absolute Gasteiger partial charge is 0.147 e. The summed E-state index contributed by atoms with van der Waals surface area (Å²) in [6, 6.07) is 2.66. The lowest BCUT2D eigenvalue weighted by atomic mass is 9.79. The highest BCUT2D eigenvalue weighted by molar-refractivity contribution is 9.10. The Kier molecular flexibility index (Phi) is 4.82. The van der Waals surface area contributed by atoms with Crippen molar-refractivity contribution in [2.24, 2.45) is 11.8 Å². The fraction of sp³-hybridized carbons (Fsp3) is 0.600. The van der Waals surface area contributed by atoms with Gasteiger partial charge in [0.25, 0.3) is 0 Å². The molecular weight excluding hydrogens is 312 g/mol. The average molecular weight is 332 g/mol. The van der Waals surface area contributed by atoms with Crippen molar-refractivity contribution in [2.75, 3.05) is 5.32 Å². The van der Waals surface area contributed by atoms with Gasteiger partial charge < -0.3 is 5.32 Å². The van der Waals surface area contributed by atoms with Crippen LogP contribution in [0.2, 0.25) is 0 Å². The fourth-order valence-electron chi connectivity index (χ4n) is 2.78. The molecule has 0 unspecified atom stereocenters. The van der Waals surface area contributed by atoms with Gasteiger partial charge in [0.15, 0.2) is 0 Å². The molecule has 0 aromatic heterocycles. The van der Waals surface area contributed by atoms with Crippen LogP contribution in [0.1, 0.15) is 39.5 Å². The third-order valence-electron chi connectivity index (χ3n) is 4.08. The van der Waals surface area contributed by atoms with E-state index in [1.807, 2.05) is 0 Å². The Balaban J connectivity index is 1.98. The molecule has 1 N–H and O–H groups in total. The minimum Gasteiger partial charge on any atom is -0.380 e. The molecule has 0 spiro atoms. The molecule has 1 aliphatic rings. The van der Waals surface area contributed by atoms with Crippen molar-refractivity contribution in [2.45, 2.75) is 45.6 Å². The maximum atomic E-state index is 13.7. The molecule has 0 radical (unpaired) electrons. The highest BCUT2D eigenvalue weighted by Gasteiger charge is 2.23. The van der Waals surface area contributed by atoms with Crippen molar-refractivity contribution in [3.8, 4) is 0 Å². The second-order valence-electron chi connectivity index (χ2n) is 5.75. The number of hydrogen-bond donors (Lipinski definition) is 1. The van der Waals surface area contributed by atoms with Crippen molar-refractivity contribution < 1.29 is 8.78 Å². The van der Waals surface area contributed by atoms with Gasteiger partial charge in [-0.2, -0.15) is 0 Å². The standard InChI is InChI=1S/C15H20BrF2N/c1-9(2)10-3-5-11(6-4-10)19-15-8-13(17)12(16)7-14(15)18/h7-11,19H,3-6H2,1-2H3. The van der Waals surface area contributed by atoms with Crippen molar-refractivity contribution in [3.63, 3.8) is 0 Å². The summed E-state index contributed by atoms with van der Waals surface area (Å²) in [4.78, 5) is 0. The van der Waals surface area contributed by atoms with E-state index in [9.17, 15) is 8.78 Å². The number of nitrogens with one attached hydrogen (secondary N) is 1. The first-order chi connectivity index (χ1) is 8.97. The minimum absolute atomic E-state index is 0.166. The molecule has 0 atom stereocenters. The summed E-state index contributed by atoms with van der Waals surface area (Å²) in [6.07, 6.45) is 4.38. The van der Waals surface area contributed by atoms with Crippen LogP contribution in [0.3, 0.4) is 0 Å². The molecule has 1 aliphatic carbocycles. The molecule has 0 heterocycles. The molecule has 2 rings (SSSR count). The molecule has 1 aromatic carbocycles. The molecule has 1 saturated carbocycles. The highest BCUT2D eigenvalue weighted by atomic mass is 79.9. The Morgan fingerprint density at radius 3 is 2.32 bits per heavy atom. The van der Waals surface area contributed by atoms with Crippen LogP contribution in [0.25, 0.3) is 0 Å². The minimum atomic E-state index is -0.431. The third-order valence-corrected chi connectivity index (χ3v) is 4.69. The highest BCUT2D eigenvalue weighted by Crippen LogP contribution is 2.32. The van der Waals surface area contributed by atoms with Gasteiger partial charge in [0.05, 0.1) is 10.2 Å². The predicted octanol–water partition coefficient (Wildman–Crippen LogP) is 5.35. The van der Waals surface area contributed by atoms with Gasteiger partial charge >= 0.3 is 0 Å². The SMILES string of the molecule is CC(C)C1CCC(Nc2cc(F)c(Br)cc2F)CC1. The van der Waals surface area contributed by atoms with Crippen molar-refractivity contribution >= 4 is 21.6 Å². The normalized spacial score (nSPS) is 23.7. The first-order valence-corrected chi connectivity index (χ1v) is 7.67. The monoisotopic (exact) mass is 331 g/mol. The molecule has 1 fully saturated rings. The lowest BCUT2D eigenvalue weighted by Crippen LogP contribution is -2.28. The van der Waals surface area contributed by atoms with E-state index in [4.69, 9.17) is 0 Å². The maximum Gasteiger partial charge on any atom is 0.147 e. The topological polar surface area (TPSA) is 12.0 Å². The summed E-state index contributed by atoms with van der Waals surface area (Å²) in [7, 11) is 0. The molecule has 0 saturated heterocycles. The van der Waals surface area contributed by atoms with Crippen LogP contribution in [0, 0.1) is 23.5 Å². The molecule has 1 nitrogen and oxygen atoms in total. The average Bonchev–Trinajstić information content (AvgIpc) is 2.36. The van der Waals surface area contributed by atoms with Crippen molar-refractivity contribution in [1.29, 1.82) is 0 Å². The third kappa shape index (κ3) is 3.68. The number of halogens is 3. The zero-order valence-electron chi connectivity index (χ0n) is 11.3. The van der Waals surface area contributed by atoms with Gasteiger partial charge in [0, 0.05) is 12.1 Å². The lowest BCUT2D eigenvalue weighted by molar-refractivity contribution is 0.266. The molecule has 0 amide bonds. The van der Waals surface area contributed by atoms with E-state index >= 15 is 0 Å². The van der Waals surface area contributed by atoms with Gasteiger partial charge in [-0.05, 0) is 59.5 Å². The Hall–Kier alpha value is -0.640. The second kappa shape index (κ2) is 6.21. The fourth-order valence-corrected chi connectivity index (χ4v) is 3.10.